The lowest BCUT2D eigenvalue weighted by atomic mass is 10.1. The Labute approximate surface area is 110 Å². The van der Waals surface area contributed by atoms with Gasteiger partial charge in [-0.2, -0.15) is 0 Å². The van der Waals surface area contributed by atoms with Gasteiger partial charge in [0.1, 0.15) is 4.90 Å². The van der Waals surface area contributed by atoms with E-state index in [0.29, 0.717) is 18.2 Å². The third-order valence-electron chi connectivity index (χ3n) is 2.87. The van der Waals surface area contributed by atoms with Crippen molar-refractivity contribution in [2.24, 2.45) is 5.92 Å². The van der Waals surface area contributed by atoms with Gasteiger partial charge < -0.3 is 5.73 Å². The number of sulfonamides is 1. The van der Waals surface area contributed by atoms with Crippen LogP contribution in [0.25, 0.3) is 0 Å². The Morgan fingerprint density at radius 3 is 2.44 bits per heavy atom. The van der Waals surface area contributed by atoms with Crippen LogP contribution in [0.4, 0.5) is 5.69 Å². The van der Waals surface area contributed by atoms with Crippen LogP contribution in [-0.4, -0.2) is 26.3 Å². The van der Waals surface area contributed by atoms with Crippen LogP contribution in [0.2, 0.25) is 0 Å². The molecule has 0 aliphatic rings. The van der Waals surface area contributed by atoms with E-state index < -0.39 is 10.0 Å². The van der Waals surface area contributed by atoms with Crippen molar-refractivity contribution in [2.75, 3.05) is 19.3 Å². The molecule has 1 rings (SSSR count). The van der Waals surface area contributed by atoms with E-state index in [2.05, 4.69) is 13.8 Å². The van der Waals surface area contributed by atoms with Gasteiger partial charge in [0.2, 0.25) is 10.0 Å². The number of benzene rings is 1. The Morgan fingerprint density at radius 1 is 1.33 bits per heavy atom. The third-order valence-corrected chi connectivity index (χ3v) is 4.81. The maximum atomic E-state index is 12.3. The summed E-state index contributed by atoms with van der Waals surface area (Å²) in [6, 6.07) is 5.02. The molecule has 1 aromatic rings. The maximum Gasteiger partial charge on any atom is 0.244 e. The summed E-state index contributed by atoms with van der Waals surface area (Å²) >= 11 is 0. The van der Waals surface area contributed by atoms with E-state index in [1.165, 1.54) is 4.31 Å². The zero-order valence-electron chi connectivity index (χ0n) is 11.5. The lowest BCUT2D eigenvalue weighted by molar-refractivity contribution is 0.428. The van der Waals surface area contributed by atoms with Crippen molar-refractivity contribution in [1.29, 1.82) is 0 Å². The summed E-state index contributed by atoms with van der Waals surface area (Å²) in [5.74, 6) is 0.470. The first-order valence-electron chi connectivity index (χ1n) is 6.07. The van der Waals surface area contributed by atoms with Gasteiger partial charge in [-0.25, -0.2) is 12.7 Å². The number of rotatable bonds is 5. The summed E-state index contributed by atoms with van der Waals surface area (Å²) in [6.45, 7) is 6.53. The van der Waals surface area contributed by atoms with Gasteiger partial charge in [-0.05, 0) is 37.0 Å². The van der Waals surface area contributed by atoms with Gasteiger partial charge in [-0.1, -0.05) is 19.9 Å². The number of aryl methyl sites for hydroxylation is 1. The molecule has 0 saturated carbocycles. The van der Waals surface area contributed by atoms with Crippen LogP contribution in [0.1, 0.15) is 25.8 Å². The van der Waals surface area contributed by atoms with Crippen LogP contribution < -0.4 is 5.73 Å². The molecule has 0 atom stereocenters. The summed E-state index contributed by atoms with van der Waals surface area (Å²) < 4.78 is 26.0. The van der Waals surface area contributed by atoms with E-state index in [9.17, 15) is 8.42 Å². The Hall–Kier alpha value is -1.07. The lowest BCUT2D eigenvalue weighted by Crippen LogP contribution is -2.29. The second-order valence-corrected chi connectivity index (χ2v) is 7.06. The highest BCUT2D eigenvalue weighted by Crippen LogP contribution is 2.23. The lowest BCUT2D eigenvalue weighted by Gasteiger charge is -2.19. The van der Waals surface area contributed by atoms with Crippen LogP contribution in [0.5, 0.6) is 0 Å². The monoisotopic (exact) mass is 270 g/mol. The summed E-state index contributed by atoms with van der Waals surface area (Å²) in [5, 5.41) is 0. The quantitative estimate of drug-likeness (QED) is 0.835. The summed E-state index contributed by atoms with van der Waals surface area (Å²) in [7, 11) is -1.88. The normalized spacial score (nSPS) is 12.3. The average molecular weight is 270 g/mol. The van der Waals surface area contributed by atoms with Crippen LogP contribution in [0.3, 0.4) is 0 Å². The molecule has 0 aromatic heterocycles. The minimum absolute atomic E-state index is 0.194. The highest BCUT2D eigenvalue weighted by atomic mass is 32.2. The molecule has 5 heteroatoms. The van der Waals surface area contributed by atoms with Gasteiger partial charge in [-0.15, -0.1) is 0 Å². The standard InChI is InChI=1S/C13H22N2O2S/c1-10(2)7-8-15(4)18(16,17)13-6-5-11(3)9-12(13)14/h5-6,9-10H,7-8,14H2,1-4H3. The van der Waals surface area contributed by atoms with E-state index in [-0.39, 0.29) is 4.90 Å². The van der Waals surface area contributed by atoms with Gasteiger partial charge in [0.05, 0.1) is 5.69 Å². The predicted octanol–water partition coefficient (Wildman–Crippen LogP) is 2.24. The Morgan fingerprint density at radius 2 is 1.94 bits per heavy atom. The molecule has 102 valence electrons. The fraction of sp³-hybridized carbons (Fsp3) is 0.538. The molecule has 0 aliphatic heterocycles. The van der Waals surface area contributed by atoms with E-state index in [1.54, 1.807) is 25.2 Å². The molecule has 2 N–H and O–H groups in total. The van der Waals surface area contributed by atoms with E-state index in [0.717, 1.165) is 12.0 Å². The molecular weight excluding hydrogens is 248 g/mol. The molecule has 1 aromatic carbocycles. The molecule has 0 unspecified atom stereocenters. The molecule has 0 spiro atoms. The fourth-order valence-corrected chi connectivity index (χ4v) is 2.91. The number of nitrogen functional groups attached to an aromatic ring is 1. The van der Waals surface area contributed by atoms with Crippen molar-refractivity contribution in [2.45, 2.75) is 32.1 Å². The molecule has 0 heterocycles. The van der Waals surface area contributed by atoms with Crippen molar-refractivity contribution >= 4 is 15.7 Å². The molecule has 18 heavy (non-hydrogen) atoms. The molecule has 0 bridgehead atoms. The molecule has 4 nitrogen and oxygen atoms in total. The summed E-state index contributed by atoms with van der Waals surface area (Å²) in [4.78, 5) is 0.194. The zero-order chi connectivity index (χ0) is 13.9. The van der Waals surface area contributed by atoms with E-state index >= 15 is 0 Å². The molecule has 0 saturated heterocycles. The van der Waals surface area contributed by atoms with Gasteiger partial charge >= 0.3 is 0 Å². The van der Waals surface area contributed by atoms with Crippen molar-refractivity contribution in [3.63, 3.8) is 0 Å². The first-order chi connectivity index (χ1) is 8.25. The first kappa shape index (κ1) is 15.0. The van der Waals surface area contributed by atoms with Gasteiger partial charge in [0.15, 0.2) is 0 Å². The largest absolute Gasteiger partial charge is 0.398 e. The Bertz CT molecular complexity index is 510. The number of nitrogens with two attached hydrogens (primary N) is 1. The Kier molecular flexibility index (Phi) is 4.76. The van der Waals surface area contributed by atoms with Crippen molar-refractivity contribution in [3.8, 4) is 0 Å². The van der Waals surface area contributed by atoms with Gasteiger partial charge in [-0.3, -0.25) is 0 Å². The molecule has 0 aliphatic carbocycles. The first-order valence-corrected chi connectivity index (χ1v) is 7.51. The number of hydrogen-bond acceptors (Lipinski definition) is 3. The van der Waals surface area contributed by atoms with Gasteiger partial charge in [0.25, 0.3) is 0 Å². The number of hydrogen-bond donors (Lipinski definition) is 1. The van der Waals surface area contributed by atoms with Gasteiger partial charge in [0, 0.05) is 13.6 Å². The number of anilines is 1. The second kappa shape index (κ2) is 5.71. The maximum absolute atomic E-state index is 12.3. The topological polar surface area (TPSA) is 63.4 Å². The molecule has 0 amide bonds. The number of nitrogens with zero attached hydrogens (tertiary/aromatic N) is 1. The minimum atomic E-state index is -3.47. The average Bonchev–Trinajstić information content (AvgIpc) is 2.24. The zero-order valence-corrected chi connectivity index (χ0v) is 12.3. The van der Waals surface area contributed by atoms with E-state index in [1.807, 2.05) is 6.92 Å². The van der Waals surface area contributed by atoms with Crippen LogP contribution in [0, 0.1) is 12.8 Å². The van der Waals surface area contributed by atoms with Crippen molar-refractivity contribution in [1.82, 2.24) is 4.31 Å². The molecule has 0 fully saturated rings. The van der Waals surface area contributed by atoms with E-state index in [4.69, 9.17) is 5.73 Å². The molecular formula is C13H22N2O2S. The van der Waals surface area contributed by atoms with Crippen LogP contribution in [-0.2, 0) is 10.0 Å². The fourth-order valence-electron chi connectivity index (χ4n) is 1.63. The predicted molar refractivity (Wildman–Crippen MR) is 74.9 cm³/mol. The van der Waals surface area contributed by atoms with Crippen LogP contribution in [0.15, 0.2) is 23.1 Å². The minimum Gasteiger partial charge on any atom is -0.398 e. The highest BCUT2D eigenvalue weighted by Gasteiger charge is 2.22. The highest BCUT2D eigenvalue weighted by molar-refractivity contribution is 7.89. The SMILES string of the molecule is Cc1ccc(S(=O)(=O)N(C)CCC(C)C)c(N)c1. The second-order valence-electron chi connectivity index (χ2n) is 5.05. The Balaban J connectivity index is 2.98. The third kappa shape index (κ3) is 3.46. The van der Waals surface area contributed by atoms with Crippen molar-refractivity contribution in [3.05, 3.63) is 23.8 Å². The summed E-state index contributed by atoms with van der Waals surface area (Å²) in [6.07, 6.45) is 0.835. The molecule has 0 radical (unpaired) electrons. The summed E-state index contributed by atoms with van der Waals surface area (Å²) in [5.41, 5.74) is 7.06. The van der Waals surface area contributed by atoms with Crippen LogP contribution >= 0.6 is 0 Å². The smallest absolute Gasteiger partial charge is 0.244 e. The van der Waals surface area contributed by atoms with Crippen molar-refractivity contribution < 1.29 is 8.42 Å².